The third-order valence-corrected chi connectivity index (χ3v) is 7.99. The van der Waals surface area contributed by atoms with E-state index in [0.717, 1.165) is 24.3 Å². The summed E-state index contributed by atoms with van der Waals surface area (Å²) in [6.07, 6.45) is 0.568. The second kappa shape index (κ2) is 7.54. The van der Waals surface area contributed by atoms with E-state index in [1.165, 1.54) is 11.1 Å². The lowest BCUT2D eigenvalue weighted by molar-refractivity contribution is 0.154. The quantitative estimate of drug-likeness (QED) is 0.640. The first-order chi connectivity index (χ1) is 14.6. The Morgan fingerprint density at radius 2 is 1.60 bits per heavy atom. The Balaban J connectivity index is 1.62. The van der Waals surface area contributed by atoms with Gasteiger partial charge in [-0.1, -0.05) is 54.6 Å². The molecule has 0 saturated carbocycles. The molecule has 1 fully saturated rings. The molecule has 0 bridgehead atoms. The lowest BCUT2D eigenvalue weighted by Crippen LogP contribution is -2.37. The van der Waals surface area contributed by atoms with Crippen LogP contribution in [0.15, 0.2) is 83.8 Å². The van der Waals surface area contributed by atoms with Gasteiger partial charge in [0.2, 0.25) is 10.0 Å². The topological polar surface area (TPSA) is 49.9 Å². The molecule has 5 nitrogen and oxygen atoms in total. The van der Waals surface area contributed by atoms with Crippen molar-refractivity contribution in [3.8, 4) is 5.75 Å². The number of benzene rings is 3. The second-order valence-electron chi connectivity index (χ2n) is 7.74. The molecule has 30 heavy (non-hydrogen) atoms. The smallest absolute Gasteiger partial charge is 0.244 e. The minimum atomic E-state index is -3.65. The van der Waals surface area contributed by atoms with Crippen molar-refractivity contribution < 1.29 is 13.2 Å². The zero-order chi connectivity index (χ0) is 20.7. The van der Waals surface area contributed by atoms with E-state index >= 15 is 0 Å². The summed E-state index contributed by atoms with van der Waals surface area (Å²) >= 11 is 0. The van der Waals surface area contributed by atoms with Crippen LogP contribution in [0.3, 0.4) is 0 Å². The first-order valence-corrected chi connectivity index (χ1v) is 11.6. The van der Waals surface area contributed by atoms with Crippen LogP contribution in [0.1, 0.15) is 28.9 Å². The summed E-state index contributed by atoms with van der Waals surface area (Å²) in [4.78, 5) is 2.65. The average molecular weight is 421 g/mol. The highest BCUT2D eigenvalue weighted by atomic mass is 32.2. The number of methoxy groups -OCH3 is 1. The van der Waals surface area contributed by atoms with E-state index in [1.54, 1.807) is 35.7 Å². The zero-order valence-electron chi connectivity index (χ0n) is 16.8. The lowest BCUT2D eigenvalue weighted by Gasteiger charge is -2.35. The molecule has 2 aliphatic heterocycles. The fourth-order valence-electron chi connectivity index (χ4n) is 4.69. The second-order valence-corrected chi connectivity index (χ2v) is 9.63. The summed E-state index contributed by atoms with van der Waals surface area (Å²) in [6.45, 7) is 1.25. The maximum atomic E-state index is 13.7. The van der Waals surface area contributed by atoms with Gasteiger partial charge in [-0.25, -0.2) is 8.42 Å². The third kappa shape index (κ3) is 3.12. The Bertz CT molecular complexity index is 1150. The van der Waals surface area contributed by atoms with Gasteiger partial charge in [-0.15, -0.1) is 0 Å². The third-order valence-electron chi connectivity index (χ3n) is 6.16. The largest absolute Gasteiger partial charge is 0.497 e. The zero-order valence-corrected chi connectivity index (χ0v) is 17.6. The van der Waals surface area contributed by atoms with E-state index in [4.69, 9.17) is 4.74 Å². The van der Waals surface area contributed by atoms with Crippen molar-refractivity contribution in [1.82, 2.24) is 9.21 Å². The van der Waals surface area contributed by atoms with Crippen molar-refractivity contribution in [2.45, 2.75) is 23.5 Å². The molecule has 0 spiro atoms. The van der Waals surface area contributed by atoms with Crippen LogP contribution in [-0.2, 0) is 16.4 Å². The molecular formula is C24H24N2O3S. The SMILES string of the molecule is COc1ccc([C@@H]2N3CCc4ccccc4[C@@H]3CN2S(=O)(=O)c2ccccc2)cc1. The van der Waals surface area contributed by atoms with Crippen LogP contribution >= 0.6 is 0 Å². The molecule has 5 rings (SSSR count). The van der Waals surface area contributed by atoms with Crippen LogP contribution < -0.4 is 4.74 Å². The lowest BCUT2D eigenvalue weighted by atomic mass is 9.93. The van der Waals surface area contributed by atoms with Crippen molar-refractivity contribution in [3.63, 3.8) is 0 Å². The van der Waals surface area contributed by atoms with E-state index in [9.17, 15) is 8.42 Å². The van der Waals surface area contributed by atoms with Crippen molar-refractivity contribution >= 4 is 10.0 Å². The molecule has 154 valence electrons. The Labute approximate surface area is 177 Å². The highest BCUT2D eigenvalue weighted by Crippen LogP contribution is 2.46. The van der Waals surface area contributed by atoms with Crippen molar-refractivity contribution in [3.05, 3.63) is 95.6 Å². The van der Waals surface area contributed by atoms with E-state index in [0.29, 0.717) is 11.4 Å². The molecule has 6 heteroatoms. The maximum absolute atomic E-state index is 13.7. The first kappa shape index (κ1) is 19.3. The Morgan fingerprint density at radius 3 is 2.33 bits per heavy atom. The Morgan fingerprint density at radius 1 is 0.900 bits per heavy atom. The molecule has 0 aliphatic carbocycles. The fraction of sp³-hybridized carbons (Fsp3) is 0.250. The molecule has 2 atom stereocenters. The van der Waals surface area contributed by atoms with Gasteiger partial charge in [0.15, 0.2) is 0 Å². The number of rotatable bonds is 4. The van der Waals surface area contributed by atoms with E-state index < -0.39 is 10.0 Å². The summed E-state index contributed by atoms with van der Waals surface area (Å²) in [5.74, 6) is 0.759. The summed E-state index contributed by atoms with van der Waals surface area (Å²) in [5.41, 5.74) is 3.50. The van der Waals surface area contributed by atoms with E-state index in [2.05, 4.69) is 23.1 Å². The van der Waals surface area contributed by atoms with Gasteiger partial charge in [-0.2, -0.15) is 4.31 Å². The molecule has 0 radical (unpaired) electrons. The maximum Gasteiger partial charge on any atom is 0.244 e. The van der Waals surface area contributed by atoms with Gasteiger partial charge in [0, 0.05) is 13.1 Å². The molecule has 2 heterocycles. The van der Waals surface area contributed by atoms with Gasteiger partial charge in [-0.05, 0) is 47.4 Å². The van der Waals surface area contributed by atoms with Crippen LogP contribution in [0, 0.1) is 0 Å². The number of ether oxygens (including phenoxy) is 1. The Kier molecular flexibility index (Phi) is 4.85. The standard InChI is InChI=1S/C24H24N2O3S/c1-29-20-13-11-19(12-14-20)24-25-16-15-18-7-5-6-10-22(18)23(25)17-26(24)30(27,28)21-8-3-2-4-9-21/h2-14,23-24H,15-17H2,1H3/t23-,24+/m0/s1. The molecule has 0 N–H and O–H groups in total. The summed E-state index contributed by atoms with van der Waals surface area (Å²) in [5, 5.41) is 0. The highest BCUT2D eigenvalue weighted by molar-refractivity contribution is 7.89. The van der Waals surface area contributed by atoms with Crippen molar-refractivity contribution in [1.29, 1.82) is 0 Å². The van der Waals surface area contributed by atoms with Crippen LogP contribution in [0.4, 0.5) is 0 Å². The number of fused-ring (bicyclic) bond motifs is 3. The van der Waals surface area contributed by atoms with Crippen LogP contribution in [0.25, 0.3) is 0 Å². The van der Waals surface area contributed by atoms with Gasteiger partial charge in [0.05, 0.1) is 18.0 Å². The number of hydrogen-bond donors (Lipinski definition) is 0. The van der Waals surface area contributed by atoms with Gasteiger partial charge in [0.1, 0.15) is 11.9 Å². The molecular weight excluding hydrogens is 396 g/mol. The molecule has 0 unspecified atom stereocenters. The van der Waals surface area contributed by atoms with Gasteiger partial charge < -0.3 is 4.74 Å². The van der Waals surface area contributed by atoms with E-state index in [-0.39, 0.29) is 12.2 Å². The summed E-state index contributed by atoms with van der Waals surface area (Å²) < 4.78 is 34.3. The molecule has 0 amide bonds. The number of sulfonamides is 1. The van der Waals surface area contributed by atoms with Gasteiger partial charge >= 0.3 is 0 Å². The number of nitrogens with zero attached hydrogens (tertiary/aromatic N) is 2. The minimum absolute atomic E-state index is 0.0422. The summed E-state index contributed by atoms with van der Waals surface area (Å²) in [7, 11) is -2.02. The summed E-state index contributed by atoms with van der Waals surface area (Å²) in [6, 6.07) is 24.9. The Hall–Kier alpha value is -2.67. The van der Waals surface area contributed by atoms with Gasteiger partial charge in [0.25, 0.3) is 0 Å². The van der Waals surface area contributed by atoms with E-state index in [1.807, 2.05) is 36.4 Å². The number of hydrogen-bond acceptors (Lipinski definition) is 4. The van der Waals surface area contributed by atoms with Crippen molar-refractivity contribution in [2.24, 2.45) is 0 Å². The molecule has 1 saturated heterocycles. The monoisotopic (exact) mass is 420 g/mol. The average Bonchev–Trinajstić information content (AvgIpc) is 3.21. The predicted octanol–water partition coefficient (Wildman–Crippen LogP) is 4.00. The first-order valence-electron chi connectivity index (χ1n) is 10.1. The fourth-order valence-corrected chi connectivity index (χ4v) is 6.31. The minimum Gasteiger partial charge on any atom is -0.497 e. The van der Waals surface area contributed by atoms with Crippen LogP contribution in [0.2, 0.25) is 0 Å². The van der Waals surface area contributed by atoms with Gasteiger partial charge in [-0.3, -0.25) is 4.90 Å². The predicted molar refractivity (Wildman–Crippen MR) is 116 cm³/mol. The van der Waals surface area contributed by atoms with Crippen LogP contribution in [-0.4, -0.2) is 37.8 Å². The molecule has 0 aromatic heterocycles. The normalized spacial score (nSPS) is 21.8. The van der Waals surface area contributed by atoms with Crippen LogP contribution in [0.5, 0.6) is 5.75 Å². The van der Waals surface area contributed by atoms with Crippen molar-refractivity contribution in [2.75, 3.05) is 20.2 Å². The molecule has 2 aliphatic rings. The molecule has 3 aromatic rings. The highest BCUT2D eigenvalue weighted by Gasteiger charge is 2.48. The molecule has 3 aromatic carbocycles.